The van der Waals surface area contributed by atoms with E-state index in [0.29, 0.717) is 0 Å². The SMILES string of the molecule is COC(=O)Cc1cc2ccccc2c(Sc2c(C)c(CC(=O)OC)cc3ccccc23)c1C. The van der Waals surface area contributed by atoms with Crippen molar-refractivity contribution in [1.82, 2.24) is 0 Å². The predicted molar refractivity (Wildman–Crippen MR) is 133 cm³/mol. The van der Waals surface area contributed by atoms with Gasteiger partial charge in [-0.3, -0.25) is 9.59 Å². The van der Waals surface area contributed by atoms with E-state index in [-0.39, 0.29) is 24.8 Å². The lowest BCUT2D eigenvalue weighted by molar-refractivity contribution is -0.140. The summed E-state index contributed by atoms with van der Waals surface area (Å²) in [6.45, 7) is 4.12. The van der Waals surface area contributed by atoms with Crippen LogP contribution in [0, 0.1) is 13.8 Å². The Morgan fingerprint density at radius 2 is 1.09 bits per heavy atom. The van der Waals surface area contributed by atoms with Crippen LogP contribution in [0.15, 0.2) is 70.5 Å². The first-order chi connectivity index (χ1) is 15.9. The zero-order valence-electron chi connectivity index (χ0n) is 19.2. The van der Waals surface area contributed by atoms with Crippen molar-refractivity contribution in [3.63, 3.8) is 0 Å². The Labute approximate surface area is 197 Å². The van der Waals surface area contributed by atoms with Crippen LogP contribution in [-0.2, 0) is 31.9 Å². The number of rotatable bonds is 6. The van der Waals surface area contributed by atoms with Gasteiger partial charge in [0.1, 0.15) is 0 Å². The van der Waals surface area contributed by atoms with Crippen molar-refractivity contribution in [2.45, 2.75) is 36.5 Å². The molecule has 0 saturated carbocycles. The minimum absolute atomic E-state index is 0.225. The monoisotopic (exact) mass is 458 g/mol. The summed E-state index contributed by atoms with van der Waals surface area (Å²) >= 11 is 1.69. The molecule has 0 N–H and O–H groups in total. The van der Waals surface area contributed by atoms with E-state index in [1.807, 2.05) is 24.3 Å². The fourth-order valence-corrected chi connectivity index (χ4v) is 5.50. The lowest BCUT2D eigenvalue weighted by Crippen LogP contribution is -2.07. The standard InChI is InChI=1S/C28H26O4S/c1-17-21(15-25(29)31-3)13-19-9-5-7-11-23(19)27(17)33-28-18(2)22(16-26(30)32-4)14-20-10-6-8-12-24(20)28/h5-14H,15-16H2,1-4H3. The van der Waals surface area contributed by atoms with Gasteiger partial charge in [0.2, 0.25) is 0 Å². The molecule has 0 aliphatic heterocycles. The number of ether oxygens (including phenoxy) is 2. The Morgan fingerprint density at radius 3 is 1.48 bits per heavy atom. The van der Waals surface area contributed by atoms with Gasteiger partial charge in [-0.15, -0.1) is 0 Å². The van der Waals surface area contributed by atoms with E-state index in [1.165, 1.54) is 14.2 Å². The van der Waals surface area contributed by atoms with E-state index in [2.05, 4.69) is 50.2 Å². The van der Waals surface area contributed by atoms with Crippen LogP contribution in [0.25, 0.3) is 21.5 Å². The van der Waals surface area contributed by atoms with Crippen LogP contribution in [0.5, 0.6) is 0 Å². The molecule has 0 aliphatic rings. The van der Waals surface area contributed by atoms with E-state index in [0.717, 1.165) is 53.6 Å². The average molecular weight is 459 g/mol. The highest BCUT2D eigenvalue weighted by Gasteiger charge is 2.18. The Hall–Kier alpha value is -3.31. The Kier molecular flexibility index (Phi) is 6.70. The maximum absolute atomic E-state index is 12.1. The minimum Gasteiger partial charge on any atom is -0.469 e. The molecule has 0 aliphatic carbocycles. The molecule has 0 aromatic heterocycles. The second kappa shape index (κ2) is 9.67. The molecule has 0 fully saturated rings. The topological polar surface area (TPSA) is 52.6 Å². The lowest BCUT2D eigenvalue weighted by atomic mass is 9.99. The molecular weight excluding hydrogens is 432 g/mol. The Bertz CT molecular complexity index is 1270. The number of fused-ring (bicyclic) bond motifs is 2. The second-order valence-electron chi connectivity index (χ2n) is 8.03. The first-order valence-corrected chi connectivity index (χ1v) is 11.6. The summed E-state index contributed by atoms with van der Waals surface area (Å²) in [4.78, 5) is 26.4. The van der Waals surface area contributed by atoms with Crippen molar-refractivity contribution in [2.24, 2.45) is 0 Å². The third kappa shape index (κ3) is 4.60. The van der Waals surface area contributed by atoms with E-state index in [4.69, 9.17) is 9.47 Å². The molecule has 0 amide bonds. The normalized spacial score (nSPS) is 11.0. The predicted octanol–water partition coefficient (Wildman–Crippen LogP) is 6.19. The number of esters is 2. The molecule has 0 radical (unpaired) electrons. The average Bonchev–Trinajstić information content (AvgIpc) is 2.83. The quantitative estimate of drug-likeness (QED) is 0.322. The molecular formula is C28H26O4S. The number of hydrogen-bond donors (Lipinski definition) is 0. The first-order valence-electron chi connectivity index (χ1n) is 10.8. The maximum atomic E-state index is 12.1. The van der Waals surface area contributed by atoms with Gasteiger partial charge in [-0.1, -0.05) is 72.4 Å². The third-order valence-corrected chi connectivity index (χ3v) is 7.50. The van der Waals surface area contributed by atoms with Crippen LogP contribution in [0.3, 0.4) is 0 Å². The van der Waals surface area contributed by atoms with Gasteiger partial charge in [0, 0.05) is 9.79 Å². The minimum atomic E-state index is -0.258. The van der Waals surface area contributed by atoms with Gasteiger partial charge in [0.15, 0.2) is 0 Å². The molecule has 168 valence electrons. The zero-order valence-corrected chi connectivity index (χ0v) is 20.0. The van der Waals surface area contributed by atoms with Gasteiger partial charge in [-0.2, -0.15) is 0 Å². The van der Waals surface area contributed by atoms with Crippen molar-refractivity contribution in [1.29, 1.82) is 0 Å². The van der Waals surface area contributed by atoms with Crippen LogP contribution in [0.1, 0.15) is 22.3 Å². The summed E-state index contributed by atoms with van der Waals surface area (Å²) < 4.78 is 9.86. The van der Waals surface area contributed by atoms with Crippen LogP contribution in [0.2, 0.25) is 0 Å². The fraction of sp³-hybridized carbons (Fsp3) is 0.214. The molecule has 4 rings (SSSR count). The van der Waals surface area contributed by atoms with Crippen molar-refractivity contribution < 1.29 is 19.1 Å². The summed E-state index contributed by atoms with van der Waals surface area (Å²) in [6, 6.07) is 20.6. The largest absolute Gasteiger partial charge is 0.469 e. The van der Waals surface area contributed by atoms with Gasteiger partial charge in [-0.25, -0.2) is 0 Å². The molecule has 4 nitrogen and oxygen atoms in total. The molecule has 0 heterocycles. The Morgan fingerprint density at radius 1 is 0.697 bits per heavy atom. The van der Waals surface area contributed by atoms with Crippen molar-refractivity contribution >= 4 is 45.2 Å². The van der Waals surface area contributed by atoms with Crippen LogP contribution in [-0.4, -0.2) is 26.2 Å². The highest BCUT2D eigenvalue weighted by Crippen LogP contribution is 2.43. The number of methoxy groups -OCH3 is 2. The van der Waals surface area contributed by atoms with E-state index < -0.39 is 0 Å². The molecule has 4 aromatic rings. The summed E-state index contributed by atoms with van der Waals surface area (Å²) in [7, 11) is 2.83. The van der Waals surface area contributed by atoms with Crippen molar-refractivity contribution in [3.8, 4) is 0 Å². The molecule has 4 aromatic carbocycles. The van der Waals surface area contributed by atoms with E-state index >= 15 is 0 Å². The van der Waals surface area contributed by atoms with Gasteiger partial charge < -0.3 is 9.47 Å². The molecule has 33 heavy (non-hydrogen) atoms. The number of hydrogen-bond acceptors (Lipinski definition) is 5. The third-order valence-electron chi connectivity index (χ3n) is 6.04. The molecule has 5 heteroatoms. The molecule has 0 unspecified atom stereocenters. The van der Waals surface area contributed by atoms with Gasteiger partial charge in [0.05, 0.1) is 27.1 Å². The number of benzene rings is 4. The molecule has 0 bridgehead atoms. The second-order valence-corrected chi connectivity index (χ2v) is 9.05. The number of carbonyl (C=O) groups excluding carboxylic acids is 2. The highest BCUT2D eigenvalue weighted by molar-refractivity contribution is 8.00. The van der Waals surface area contributed by atoms with E-state index in [9.17, 15) is 9.59 Å². The highest BCUT2D eigenvalue weighted by atomic mass is 32.2. The van der Waals surface area contributed by atoms with Crippen LogP contribution in [0.4, 0.5) is 0 Å². The van der Waals surface area contributed by atoms with Crippen LogP contribution >= 0.6 is 11.8 Å². The van der Waals surface area contributed by atoms with Crippen molar-refractivity contribution in [2.75, 3.05) is 14.2 Å². The molecule has 0 spiro atoms. The lowest BCUT2D eigenvalue weighted by Gasteiger charge is -2.19. The first kappa shape index (κ1) is 22.9. The van der Waals surface area contributed by atoms with Gasteiger partial charge in [-0.05, 0) is 57.6 Å². The summed E-state index contributed by atoms with van der Waals surface area (Å²) in [5.74, 6) is -0.517. The van der Waals surface area contributed by atoms with Crippen molar-refractivity contribution in [3.05, 3.63) is 82.9 Å². The summed E-state index contributed by atoms with van der Waals surface area (Å²) in [5.41, 5.74) is 4.03. The van der Waals surface area contributed by atoms with E-state index in [1.54, 1.807) is 11.8 Å². The van der Waals surface area contributed by atoms with Gasteiger partial charge in [0.25, 0.3) is 0 Å². The smallest absolute Gasteiger partial charge is 0.309 e. The molecule has 0 saturated heterocycles. The summed E-state index contributed by atoms with van der Waals surface area (Å²) in [6.07, 6.45) is 0.450. The Balaban J connectivity index is 1.93. The molecule has 0 atom stereocenters. The fourth-order valence-electron chi connectivity index (χ4n) is 4.13. The van der Waals surface area contributed by atoms with Crippen LogP contribution < -0.4 is 0 Å². The van der Waals surface area contributed by atoms with Gasteiger partial charge >= 0.3 is 11.9 Å². The number of carbonyl (C=O) groups is 2. The summed E-state index contributed by atoms with van der Waals surface area (Å²) in [5, 5.41) is 4.43. The maximum Gasteiger partial charge on any atom is 0.309 e. The zero-order chi connectivity index (χ0) is 23.5.